The summed E-state index contributed by atoms with van der Waals surface area (Å²) in [7, 11) is 0. The number of hydrogen-bond acceptors (Lipinski definition) is 4. The molecular formula is C12H9N5O. The lowest BCUT2D eigenvalue weighted by atomic mass is 10.2. The summed E-state index contributed by atoms with van der Waals surface area (Å²) >= 11 is 0. The van der Waals surface area contributed by atoms with Gasteiger partial charge in [0.05, 0.1) is 5.56 Å². The molecule has 0 saturated heterocycles. The van der Waals surface area contributed by atoms with Crippen LogP contribution in [0, 0.1) is 0 Å². The fraction of sp³-hybridized carbons (Fsp3) is 0. The minimum Gasteiger partial charge on any atom is -0.328 e. The van der Waals surface area contributed by atoms with Gasteiger partial charge in [-0.15, -0.1) is 0 Å². The highest BCUT2D eigenvalue weighted by atomic mass is 16.1. The summed E-state index contributed by atoms with van der Waals surface area (Å²) in [5, 5.41) is 6.83. The van der Waals surface area contributed by atoms with E-state index in [1.54, 1.807) is 36.8 Å². The second-order valence-electron chi connectivity index (χ2n) is 3.66. The van der Waals surface area contributed by atoms with Crippen LogP contribution >= 0.6 is 0 Å². The van der Waals surface area contributed by atoms with Crippen LogP contribution in [0.25, 0.3) is 22.8 Å². The van der Waals surface area contributed by atoms with Gasteiger partial charge in [0, 0.05) is 24.2 Å². The van der Waals surface area contributed by atoms with E-state index < -0.39 is 0 Å². The fourth-order valence-corrected chi connectivity index (χ4v) is 1.61. The summed E-state index contributed by atoms with van der Waals surface area (Å²) in [5.41, 5.74) is 1.05. The molecule has 0 aliphatic carbocycles. The molecule has 2 N–H and O–H groups in total. The molecule has 3 aromatic heterocycles. The van der Waals surface area contributed by atoms with Gasteiger partial charge in [-0.3, -0.25) is 14.9 Å². The van der Waals surface area contributed by atoms with E-state index in [4.69, 9.17) is 0 Å². The molecule has 0 radical (unpaired) electrons. The highest BCUT2D eigenvalue weighted by Gasteiger charge is 2.09. The maximum Gasteiger partial charge on any atom is 0.259 e. The Balaban J connectivity index is 2.06. The van der Waals surface area contributed by atoms with Gasteiger partial charge in [0.2, 0.25) is 0 Å². The molecule has 3 aromatic rings. The number of H-pyrrole nitrogens is 2. The first kappa shape index (κ1) is 10.4. The fourth-order valence-electron chi connectivity index (χ4n) is 1.61. The van der Waals surface area contributed by atoms with Crippen molar-refractivity contribution in [3.63, 3.8) is 0 Å². The van der Waals surface area contributed by atoms with Crippen molar-refractivity contribution in [2.75, 3.05) is 0 Å². The molecule has 0 spiro atoms. The minimum atomic E-state index is -0.202. The Hall–Kier alpha value is -2.76. The lowest BCUT2D eigenvalue weighted by molar-refractivity contribution is 1.09. The number of aromatic nitrogens is 5. The second-order valence-corrected chi connectivity index (χ2v) is 3.66. The van der Waals surface area contributed by atoms with E-state index >= 15 is 0 Å². The van der Waals surface area contributed by atoms with Gasteiger partial charge in [-0.05, 0) is 24.3 Å². The molecule has 3 rings (SSSR count). The summed E-state index contributed by atoms with van der Waals surface area (Å²) in [6.07, 6.45) is 4.92. The first-order valence-corrected chi connectivity index (χ1v) is 5.35. The average Bonchev–Trinajstić information content (AvgIpc) is 2.90. The Morgan fingerprint density at radius 1 is 1.17 bits per heavy atom. The van der Waals surface area contributed by atoms with Gasteiger partial charge in [-0.25, -0.2) is 4.98 Å². The molecule has 3 heterocycles. The molecule has 0 aromatic carbocycles. The van der Waals surface area contributed by atoms with E-state index in [2.05, 4.69) is 25.1 Å². The summed E-state index contributed by atoms with van der Waals surface area (Å²) < 4.78 is 0. The number of rotatable bonds is 2. The zero-order valence-corrected chi connectivity index (χ0v) is 9.29. The van der Waals surface area contributed by atoms with Crippen molar-refractivity contribution in [1.29, 1.82) is 0 Å². The molecule has 0 amide bonds. The lowest BCUT2D eigenvalue weighted by Gasteiger charge is -1.93. The molecule has 88 valence electrons. The van der Waals surface area contributed by atoms with E-state index in [1.807, 2.05) is 6.07 Å². The predicted molar refractivity (Wildman–Crippen MR) is 65.7 cm³/mol. The number of nitrogens with one attached hydrogen (secondary N) is 2. The van der Waals surface area contributed by atoms with E-state index in [1.165, 1.54) is 0 Å². The molecule has 0 unspecified atom stereocenters. The summed E-state index contributed by atoms with van der Waals surface area (Å²) in [4.78, 5) is 22.5. The Morgan fingerprint density at radius 2 is 2.11 bits per heavy atom. The first-order valence-electron chi connectivity index (χ1n) is 5.35. The zero-order chi connectivity index (χ0) is 12.4. The molecule has 0 fully saturated rings. The van der Waals surface area contributed by atoms with Gasteiger partial charge in [0.1, 0.15) is 0 Å². The third kappa shape index (κ3) is 1.80. The molecule has 0 atom stereocenters. The highest BCUT2D eigenvalue weighted by Crippen LogP contribution is 2.16. The molecule has 0 saturated carbocycles. The molecule has 0 bridgehead atoms. The van der Waals surface area contributed by atoms with Crippen LogP contribution in [0.15, 0.2) is 47.7 Å². The molecule has 18 heavy (non-hydrogen) atoms. The molecule has 0 aliphatic rings. The van der Waals surface area contributed by atoms with Crippen LogP contribution in [0.3, 0.4) is 0 Å². The average molecular weight is 239 g/mol. The van der Waals surface area contributed by atoms with Crippen LogP contribution in [0.1, 0.15) is 0 Å². The third-order valence-corrected chi connectivity index (χ3v) is 2.48. The quantitative estimate of drug-likeness (QED) is 0.703. The van der Waals surface area contributed by atoms with Gasteiger partial charge in [0.15, 0.2) is 11.6 Å². The maximum absolute atomic E-state index is 11.6. The maximum atomic E-state index is 11.6. The van der Waals surface area contributed by atoms with Gasteiger partial charge >= 0.3 is 0 Å². The third-order valence-electron chi connectivity index (χ3n) is 2.48. The summed E-state index contributed by atoms with van der Waals surface area (Å²) in [5.74, 6) is 0.956. The monoisotopic (exact) mass is 239 g/mol. The predicted octanol–water partition coefficient (Wildman–Crippen LogP) is 1.22. The number of aromatic amines is 2. The number of pyridine rings is 2. The summed E-state index contributed by atoms with van der Waals surface area (Å²) in [6, 6.07) is 7.09. The molecule has 0 aliphatic heterocycles. The molecular weight excluding hydrogens is 230 g/mol. The Labute approximate surface area is 102 Å². The van der Waals surface area contributed by atoms with Crippen LogP contribution < -0.4 is 5.56 Å². The standard InChI is InChI=1S/C12H9N5O/c18-12-9(4-2-6-14-12)11-15-10(16-17-11)8-3-1-5-13-7-8/h1-7H,(H,14,18)(H,15,16,17). The Morgan fingerprint density at radius 3 is 2.89 bits per heavy atom. The van der Waals surface area contributed by atoms with Crippen molar-refractivity contribution in [2.24, 2.45) is 0 Å². The first-order chi connectivity index (χ1) is 8.84. The molecule has 6 nitrogen and oxygen atoms in total. The van der Waals surface area contributed by atoms with Crippen molar-refractivity contribution >= 4 is 0 Å². The molecule has 6 heteroatoms. The van der Waals surface area contributed by atoms with Crippen molar-refractivity contribution < 1.29 is 0 Å². The summed E-state index contributed by atoms with van der Waals surface area (Å²) in [6.45, 7) is 0. The lowest BCUT2D eigenvalue weighted by Crippen LogP contribution is -2.07. The smallest absolute Gasteiger partial charge is 0.259 e. The van der Waals surface area contributed by atoms with Crippen LogP contribution in [0.4, 0.5) is 0 Å². The highest BCUT2D eigenvalue weighted by molar-refractivity contribution is 5.59. The van der Waals surface area contributed by atoms with Gasteiger partial charge in [-0.1, -0.05) is 0 Å². The van der Waals surface area contributed by atoms with Crippen LogP contribution in [-0.4, -0.2) is 25.1 Å². The zero-order valence-electron chi connectivity index (χ0n) is 9.29. The largest absolute Gasteiger partial charge is 0.328 e. The van der Waals surface area contributed by atoms with Crippen molar-refractivity contribution in [3.8, 4) is 22.8 Å². The van der Waals surface area contributed by atoms with Gasteiger partial charge < -0.3 is 4.98 Å². The van der Waals surface area contributed by atoms with Crippen LogP contribution in [-0.2, 0) is 0 Å². The van der Waals surface area contributed by atoms with Crippen molar-refractivity contribution in [3.05, 3.63) is 53.2 Å². The normalized spacial score (nSPS) is 10.4. The number of hydrogen-bond donors (Lipinski definition) is 2. The topological polar surface area (TPSA) is 87.3 Å². The van der Waals surface area contributed by atoms with Crippen LogP contribution in [0.2, 0.25) is 0 Å². The van der Waals surface area contributed by atoms with E-state index in [0.29, 0.717) is 17.2 Å². The Kier molecular flexibility index (Phi) is 2.45. The van der Waals surface area contributed by atoms with E-state index in [9.17, 15) is 4.79 Å². The van der Waals surface area contributed by atoms with Gasteiger partial charge in [-0.2, -0.15) is 5.10 Å². The second kappa shape index (κ2) is 4.25. The van der Waals surface area contributed by atoms with Crippen molar-refractivity contribution in [1.82, 2.24) is 25.1 Å². The Bertz CT molecular complexity index is 716. The SMILES string of the molecule is O=c1[nH]cccc1-c1nc(-c2cccnc2)n[nH]1. The van der Waals surface area contributed by atoms with Gasteiger partial charge in [0.25, 0.3) is 5.56 Å². The minimum absolute atomic E-state index is 0.202. The number of nitrogens with zero attached hydrogens (tertiary/aromatic N) is 3. The van der Waals surface area contributed by atoms with Crippen molar-refractivity contribution in [2.45, 2.75) is 0 Å². The van der Waals surface area contributed by atoms with E-state index in [0.717, 1.165) is 5.56 Å². The van der Waals surface area contributed by atoms with E-state index in [-0.39, 0.29) is 5.56 Å². The van der Waals surface area contributed by atoms with Crippen LogP contribution in [0.5, 0.6) is 0 Å².